The van der Waals surface area contributed by atoms with Crippen LogP contribution < -0.4 is 0 Å². The molecule has 0 aliphatic rings. The Labute approximate surface area is 126 Å². The lowest BCUT2D eigenvalue weighted by Gasteiger charge is -2.05. The molecule has 0 amide bonds. The lowest BCUT2D eigenvalue weighted by atomic mass is 10.0. The maximum absolute atomic E-state index is 12.3. The maximum atomic E-state index is 12.3. The highest BCUT2D eigenvalue weighted by Crippen LogP contribution is 2.24. The van der Waals surface area contributed by atoms with Gasteiger partial charge in [-0.15, -0.1) is 11.3 Å². The van der Waals surface area contributed by atoms with Gasteiger partial charge in [0.05, 0.1) is 14.7 Å². The van der Waals surface area contributed by atoms with Gasteiger partial charge in [-0.05, 0) is 30.7 Å². The van der Waals surface area contributed by atoms with Crippen molar-refractivity contribution in [3.63, 3.8) is 0 Å². The van der Waals surface area contributed by atoms with Crippen molar-refractivity contribution in [2.75, 3.05) is 0 Å². The molecule has 0 aliphatic heterocycles. The molecule has 0 aliphatic carbocycles. The highest BCUT2D eigenvalue weighted by molar-refractivity contribution is 7.18. The molecule has 2 aromatic heterocycles. The zero-order chi connectivity index (χ0) is 14.1. The number of carbonyl (C=O) groups excluding carboxylic acids is 1. The van der Waals surface area contributed by atoms with E-state index in [9.17, 15) is 4.79 Å². The number of ketones is 1. The van der Waals surface area contributed by atoms with E-state index in [1.54, 1.807) is 12.1 Å². The lowest BCUT2D eigenvalue weighted by molar-refractivity contribution is 0.0997. The summed E-state index contributed by atoms with van der Waals surface area (Å²) in [4.78, 5) is 17.5. The van der Waals surface area contributed by atoms with Crippen LogP contribution >= 0.6 is 22.9 Å². The van der Waals surface area contributed by atoms with Gasteiger partial charge >= 0.3 is 0 Å². The van der Waals surface area contributed by atoms with E-state index in [0.717, 1.165) is 22.2 Å². The first kappa shape index (κ1) is 13.3. The number of aryl methyl sites for hydroxylation is 1. The van der Waals surface area contributed by atoms with Gasteiger partial charge in [0.15, 0.2) is 5.78 Å². The number of hydrogen-bond donors (Lipinski definition) is 0. The summed E-state index contributed by atoms with van der Waals surface area (Å²) in [6, 6.07) is 13.5. The summed E-state index contributed by atoms with van der Waals surface area (Å²) in [5.74, 6) is 0.0812. The number of fused-ring (bicyclic) bond motifs is 1. The van der Waals surface area contributed by atoms with Crippen molar-refractivity contribution in [2.45, 2.75) is 13.3 Å². The van der Waals surface area contributed by atoms with E-state index in [1.165, 1.54) is 11.3 Å². The van der Waals surface area contributed by atoms with Crippen molar-refractivity contribution in [3.8, 4) is 0 Å². The van der Waals surface area contributed by atoms with E-state index in [-0.39, 0.29) is 5.78 Å². The largest absolute Gasteiger partial charge is 0.293 e. The number of Topliss-reactive ketones (excluding diaryl/α,β-unsaturated/α-hetero) is 1. The quantitative estimate of drug-likeness (QED) is 0.657. The molecule has 2 heterocycles. The van der Waals surface area contributed by atoms with Gasteiger partial charge in [-0.3, -0.25) is 9.78 Å². The van der Waals surface area contributed by atoms with Crippen LogP contribution in [0.4, 0.5) is 0 Å². The monoisotopic (exact) mass is 301 g/mol. The van der Waals surface area contributed by atoms with Gasteiger partial charge in [0.25, 0.3) is 0 Å². The normalized spacial score (nSPS) is 10.9. The van der Waals surface area contributed by atoms with Gasteiger partial charge in [0.2, 0.25) is 0 Å². The van der Waals surface area contributed by atoms with Crippen LogP contribution in [0, 0.1) is 6.92 Å². The molecule has 3 aromatic rings. The SMILES string of the molecule is Cc1ccc2cccc(CC(=O)c3ccc(Cl)s3)c2n1. The minimum Gasteiger partial charge on any atom is -0.293 e. The van der Waals surface area contributed by atoms with Crippen LogP contribution in [-0.4, -0.2) is 10.8 Å². The average molecular weight is 302 g/mol. The van der Waals surface area contributed by atoms with Crippen LogP contribution in [0.1, 0.15) is 20.9 Å². The Morgan fingerprint density at radius 2 is 2.05 bits per heavy atom. The Morgan fingerprint density at radius 1 is 1.20 bits per heavy atom. The molecule has 0 bridgehead atoms. The number of nitrogens with zero attached hydrogens (tertiary/aromatic N) is 1. The number of para-hydroxylation sites is 1. The molecule has 0 unspecified atom stereocenters. The van der Waals surface area contributed by atoms with Crippen molar-refractivity contribution < 1.29 is 4.79 Å². The number of pyridine rings is 1. The second-order valence-electron chi connectivity index (χ2n) is 4.65. The average Bonchev–Trinajstić information content (AvgIpc) is 2.86. The molecule has 0 atom stereocenters. The fraction of sp³-hybridized carbons (Fsp3) is 0.125. The Kier molecular flexibility index (Phi) is 3.55. The van der Waals surface area contributed by atoms with E-state index in [2.05, 4.69) is 4.98 Å². The number of carbonyl (C=O) groups is 1. The van der Waals surface area contributed by atoms with Gasteiger partial charge in [-0.1, -0.05) is 35.9 Å². The number of halogens is 1. The first-order valence-electron chi connectivity index (χ1n) is 6.27. The zero-order valence-corrected chi connectivity index (χ0v) is 12.5. The molecule has 0 fully saturated rings. The molecule has 0 spiro atoms. The van der Waals surface area contributed by atoms with Gasteiger partial charge in [-0.2, -0.15) is 0 Å². The Balaban J connectivity index is 1.98. The molecular weight excluding hydrogens is 290 g/mol. The third-order valence-electron chi connectivity index (χ3n) is 3.14. The third kappa shape index (κ3) is 2.60. The molecule has 0 radical (unpaired) electrons. The molecular formula is C16H12ClNOS. The topological polar surface area (TPSA) is 30.0 Å². The molecule has 3 rings (SSSR count). The van der Waals surface area contributed by atoms with Crippen LogP contribution in [0.15, 0.2) is 42.5 Å². The second-order valence-corrected chi connectivity index (χ2v) is 6.36. The summed E-state index contributed by atoms with van der Waals surface area (Å²) in [6.45, 7) is 1.96. The number of thiophene rings is 1. The van der Waals surface area contributed by atoms with Crippen molar-refractivity contribution in [2.24, 2.45) is 0 Å². The highest BCUT2D eigenvalue weighted by Gasteiger charge is 2.12. The minimum absolute atomic E-state index is 0.0812. The third-order valence-corrected chi connectivity index (χ3v) is 4.41. The molecule has 2 nitrogen and oxygen atoms in total. The van der Waals surface area contributed by atoms with Crippen LogP contribution in [0.25, 0.3) is 10.9 Å². The van der Waals surface area contributed by atoms with Gasteiger partial charge in [-0.25, -0.2) is 0 Å². The number of hydrogen-bond acceptors (Lipinski definition) is 3. The number of aromatic nitrogens is 1. The molecule has 0 saturated carbocycles. The van der Waals surface area contributed by atoms with Crippen molar-refractivity contribution >= 4 is 39.6 Å². The predicted octanol–water partition coefficient (Wildman–Crippen LogP) is 4.68. The van der Waals surface area contributed by atoms with E-state index in [0.29, 0.717) is 15.6 Å². The van der Waals surface area contributed by atoms with Gasteiger partial charge in [0.1, 0.15) is 0 Å². The van der Waals surface area contributed by atoms with E-state index < -0.39 is 0 Å². The number of benzene rings is 1. The van der Waals surface area contributed by atoms with Crippen LogP contribution in [0.2, 0.25) is 4.34 Å². The standard InChI is InChI=1S/C16H12ClNOS/c1-10-5-6-11-3-2-4-12(16(11)18-10)9-13(19)14-7-8-15(17)20-14/h2-8H,9H2,1H3. The first-order valence-corrected chi connectivity index (χ1v) is 7.47. The summed E-state index contributed by atoms with van der Waals surface area (Å²) >= 11 is 7.20. The molecule has 1 aromatic carbocycles. The molecule has 20 heavy (non-hydrogen) atoms. The number of rotatable bonds is 3. The Morgan fingerprint density at radius 3 is 2.80 bits per heavy atom. The van der Waals surface area contributed by atoms with Crippen LogP contribution in [0.5, 0.6) is 0 Å². The molecule has 0 saturated heterocycles. The van der Waals surface area contributed by atoms with Gasteiger partial charge < -0.3 is 0 Å². The summed E-state index contributed by atoms with van der Waals surface area (Å²) < 4.78 is 0.639. The minimum atomic E-state index is 0.0812. The van der Waals surface area contributed by atoms with Crippen LogP contribution in [0.3, 0.4) is 0 Å². The first-order chi connectivity index (χ1) is 9.63. The predicted molar refractivity (Wildman–Crippen MR) is 83.8 cm³/mol. The molecule has 4 heteroatoms. The van der Waals surface area contributed by atoms with Gasteiger partial charge in [0, 0.05) is 17.5 Å². The Hall–Kier alpha value is -1.71. The second kappa shape index (κ2) is 5.35. The molecule has 100 valence electrons. The van der Waals surface area contributed by atoms with Crippen molar-refractivity contribution in [1.82, 2.24) is 4.98 Å². The lowest BCUT2D eigenvalue weighted by Crippen LogP contribution is -2.02. The van der Waals surface area contributed by atoms with Crippen LogP contribution in [-0.2, 0) is 6.42 Å². The summed E-state index contributed by atoms with van der Waals surface area (Å²) in [7, 11) is 0. The summed E-state index contributed by atoms with van der Waals surface area (Å²) in [6.07, 6.45) is 0.352. The van der Waals surface area contributed by atoms with E-state index in [4.69, 9.17) is 11.6 Å². The van der Waals surface area contributed by atoms with E-state index >= 15 is 0 Å². The van der Waals surface area contributed by atoms with Crippen molar-refractivity contribution in [1.29, 1.82) is 0 Å². The smallest absolute Gasteiger partial charge is 0.177 e. The molecule has 0 N–H and O–H groups in total. The zero-order valence-electron chi connectivity index (χ0n) is 10.9. The maximum Gasteiger partial charge on any atom is 0.177 e. The summed E-state index contributed by atoms with van der Waals surface area (Å²) in [5, 5.41) is 1.06. The summed E-state index contributed by atoms with van der Waals surface area (Å²) in [5.41, 5.74) is 2.82. The fourth-order valence-corrected chi connectivity index (χ4v) is 3.15. The Bertz CT molecular complexity index is 794. The fourth-order valence-electron chi connectivity index (χ4n) is 2.17. The van der Waals surface area contributed by atoms with Crippen molar-refractivity contribution in [3.05, 3.63) is 62.9 Å². The highest BCUT2D eigenvalue weighted by atomic mass is 35.5. The van der Waals surface area contributed by atoms with E-state index in [1.807, 2.05) is 37.3 Å².